The van der Waals surface area contributed by atoms with Gasteiger partial charge >= 0.3 is 0 Å². The van der Waals surface area contributed by atoms with Crippen molar-refractivity contribution in [2.75, 3.05) is 19.7 Å². The van der Waals surface area contributed by atoms with Gasteiger partial charge in [0.1, 0.15) is 0 Å². The van der Waals surface area contributed by atoms with Gasteiger partial charge in [-0.2, -0.15) is 0 Å². The van der Waals surface area contributed by atoms with E-state index in [0.29, 0.717) is 6.54 Å². The van der Waals surface area contributed by atoms with Crippen LogP contribution in [0, 0.1) is 0 Å². The van der Waals surface area contributed by atoms with Crippen LogP contribution >= 0.6 is 0 Å². The van der Waals surface area contributed by atoms with Crippen LogP contribution in [0.1, 0.15) is 31.4 Å². The second kappa shape index (κ2) is 5.63. The molecule has 17 heavy (non-hydrogen) atoms. The molecule has 0 aliphatic carbocycles. The summed E-state index contributed by atoms with van der Waals surface area (Å²) in [6, 6.07) is 9.73. The normalized spacial score (nSPS) is 26.0. The number of hydrogen-bond acceptors (Lipinski definition) is 3. The molecule has 0 aromatic heterocycles. The van der Waals surface area contributed by atoms with E-state index in [4.69, 9.17) is 4.74 Å². The van der Waals surface area contributed by atoms with Crippen LogP contribution in [-0.2, 0) is 4.74 Å². The lowest BCUT2D eigenvalue weighted by Gasteiger charge is -2.24. The summed E-state index contributed by atoms with van der Waals surface area (Å²) in [5.41, 5.74) is 0.911. The highest BCUT2D eigenvalue weighted by Crippen LogP contribution is 2.24. The molecule has 0 spiro atoms. The maximum atomic E-state index is 9.98. The van der Waals surface area contributed by atoms with Crippen molar-refractivity contribution in [3.05, 3.63) is 35.9 Å². The average Bonchev–Trinajstić information content (AvgIpc) is 2.77. The van der Waals surface area contributed by atoms with Crippen LogP contribution in [0.15, 0.2) is 30.3 Å². The number of benzene rings is 1. The molecule has 1 heterocycles. The Bertz CT molecular complexity index is 333. The van der Waals surface area contributed by atoms with Gasteiger partial charge in [-0.15, -0.1) is 0 Å². The molecule has 1 aromatic carbocycles. The maximum Gasteiger partial charge on any atom is 0.0914 e. The third-order valence-electron chi connectivity index (χ3n) is 3.32. The molecule has 0 radical (unpaired) electrons. The second-order valence-electron chi connectivity index (χ2n) is 4.96. The molecule has 2 N–H and O–H groups in total. The third kappa shape index (κ3) is 3.53. The molecule has 1 fully saturated rings. The van der Waals surface area contributed by atoms with Crippen LogP contribution in [0.25, 0.3) is 0 Å². The molecule has 2 atom stereocenters. The van der Waals surface area contributed by atoms with E-state index >= 15 is 0 Å². The highest BCUT2D eigenvalue weighted by molar-refractivity contribution is 5.17. The summed E-state index contributed by atoms with van der Waals surface area (Å²) in [5, 5.41) is 13.3. The quantitative estimate of drug-likeness (QED) is 0.818. The van der Waals surface area contributed by atoms with Gasteiger partial charge in [0.15, 0.2) is 0 Å². The summed E-state index contributed by atoms with van der Waals surface area (Å²) in [4.78, 5) is 0. The Morgan fingerprint density at radius 3 is 2.82 bits per heavy atom. The topological polar surface area (TPSA) is 41.5 Å². The highest BCUT2D eigenvalue weighted by Gasteiger charge is 2.29. The fraction of sp³-hybridized carbons (Fsp3) is 0.571. The summed E-state index contributed by atoms with van der Waals surface area (Å²) >= 11 is 0. The van der Waals surface area contributed by atoms with Gasteiger partial charge in [0.25, 0.3) is 0 Å². The Hall–Kier alpha value is -0.900. The molecule has 0 bridgehead atoms. The Kier molecular flexibility index (Phi) is 4.15. The van der Waals surface area contributed by atoms with Gasteiger partial charge in [-0.25, -0.2) is 0 Å². The van der Waals surface area contributed by atoms with E-state index < -0.39 is 6.10 Å². The first-order valence-corrected chi connectivity index (χ1v) is 6.27. The molecule has 0 amide bonds. The van der Waals surface area contributed by atoms with Crippen molar-refractivity contribution in [2.24, 2.45) is 0 Å². The van der Waals surface area contributed by atoms with E-state index in [-0.39, 0.29) is 5.60 Å². The number of hydrogen-bond donors (Lipinski definition) is 2. The maximum absolute atomic E-state index is 9.98. The predicted octanol–water partition coefficient (Wildman–Crippen LogP) is 1.88. The summed E-state index contributed by atoms with van der Waals surface area (Å²) in [5.74, 6) is 0. The lowest BCUT2D eigenvalue weighted by Crippen LogP contribution is -2.38. The predicted molar refractivity (Wildman–Crippen MR) is 67.9 cm³/mol. The molecule has 2 unspecified atom stereocenters. The van der Waals surface area contributed by atoms with Crippen molar-refractivity contribution in [3.63, 3.8) is 0 Å². The van der Waals surface area contributed by atoms with Gasteiger partial charge in [-0.3, -0.25) is 0 Å². The van der Waals surface area contributed by atoms with Crippen LogP contribution in [-0.4, -0.2) is 30.4 Å². The molecule has 94 valence electrons. The zero-order valence-electron chi connectivity index (χ0n) is 10.4. The van der Waals surface area contributed by atoms with Crippen molar-refractivity contribution < 1.29 is 9.84 Å². The summed E-state index contributed by atoms with van der Waals surface area (Å²) in [6.45, 7) is 4.36. The molecule has 3 nitrogen and oxygen atoms in total. The molecule has 2 rings (SSSR count). The van der Waals surface area contributed by atoms with Crippen LogP contribution < -0.4 is 5.32 Å². The third-order valence-corrected chi connectivity index (χ3v) is 3.32. The number of nitrogens with one attached hydrogen (secondary N) is 1. The summed E-state index contributed by atoms with van der Waals surface area (Å²) in [7, 11) is 0. The van der Waals surface area contributed by atoms with Gasteiger partial charge in [0.2, 0.25) is 0 Å². The Morgan fingerprint density at radius 2 is 2.18 bits per heavy atom. The molecule has 1 saturated heterocycles. The summed E-state index contributed by atoms with van der Waals surface area (Å²) < 4.78 is 5.68. The van der Waals surface area contributed by atoms with E-state index in [1.54, 1.807) is 0 Å². The lowest BCUT2D eigenvalue weighted by atomic mass is 10.0. The zero-order valence-corrected chi connectivity index (χ0v) is 10.4. The Morgan fingerprint density at radius 1 is 1.41 bits per heavy atom. The van der Waals surface area contributed by atoms with Gasteiger partial charge in [-0.1, -0.05) is 30.3 Å². The standard InChI is InChI=1S/C14H21NO2/c1-14(8-5-9-17-14)11-15-10-13(16)12-6-3-2-4-7-12/h2-4,6-7,13,15-16H,5,8-11H2,1H3. The molecule has 1 aliphatic rings. The minimum Gasteiger partial charge on any atom is -0.387 e. The smallest absolute Gasteiger partial charge is 0.0914 e. The van der Waals surface area contributed by atoms with Crippen LogP contribution in [0.3, 0.4) is 0 Å². The fourth-order valence-corrected chi connectivity index (χ4v) is 2.24. The van der Waals surface area contributed by atoms with Crippen molar-refractivity contribution >= 4 is 0 Å². The molecule has 1 aliphatic heterocycles. The molecular formula is C14H21NO2. The lowest BCUT2D eigenvalue weighted by molar-refractivity contribution is 0.0185. The van der Waals surface area contributed by atoms with Gasteiger partial charge in [-0.05, 0) is 25.3 Å². The fourth-order valence-electron chi connectivity index (χ4n) is 2.24. The molecular weight excluding hydrogens is 214 g/mol. The largest absolute Gasteiger partial charge is 0.387 e. The molecule has 1 aromatic rings. The summed E-state index contributed by atoms with van der Waals surface area (Å²) in [6.07, 6.45) is 1.79. The van der Waals surface area contributed by atoms with E-state index in [1.807, 2.05) is 30.3 Å². The zero-order chi connectivity index (χ0) is 12.1. The minimum atomic E-state index is -0.443. The van der Waals surface area contributed by atoms with E-state index in [9.17, 15) is 5.11 Å². The average molecular weight is 235 g/mol. The van der Waals surface area contributed by atoms with Gasteiger partial charge in [0, 0.05) is 19.7 Å². The van der Waals surface area contributed by atoms with Crippen LogP contribution in [0.2, 0.25) is 0 Å². The van der Waals surface area contributed by atoms with Crippen molar-refractivity contribution in [1.82, 2.24) is 5.32 Å². The van der Waals surface area contributed by atoms with Crippen LogP contribution in [0.4, 0.5) is 0 Å². The SMILES string of the molecule is CC1(CNCC(O)c2ccccc2)CCCO1. The number of aliphatic hydroxyl groups excluding tert-OH is 1. The van der Waals surface area contributed by atoms with Gasteiger partial charge in [0.05, 0.1) is 11.7 Å². The van der Waals surface area contributed by atoms with Gasteiger partial charge < -0.3 is 15.2 Å². The first kappa shape index (κ1) is 12.6. The second-order valence-corrected chi connectivity index (χ2v) is 4.96. The van der Waals surface area contributed by atoms with E-state index in [1.165, 1.54) is 0 Å². The van der Waals surface area contributed by atoms with Crippen molar-refractivity contribution in [1.29, 1.82) is 0 Å². The highest BCUT2D eigenvalue weighted by atomic mass is 16.5. The van der Waals surface area contributed by atoms with E-state index in [0.717, 1.165) is 31.6 Å². The first-order chi connectivity index (χ1) is 8.20. The van der Waals surface area contributed by atoms with E-state index in [2.05, 4.69) is 12.2 Å². The number of rotatable bonds is 5. The number of ether oxygens (including phenoxy) is 1. The Balaban J connectivity index is 1.75. The van der Waals surface area contributed by atoms with Crippen molar-refractivity contribution in [3.8, 4) is 0 Å². The van der Waals surface area contributed by atoms with Crippen molar-refractivity contribution in [2.45, 2.75) is 31.5 Å². The monoisotopic (exact) mass is 235 g/mol. The molecule has 0 saturated carbocycles. The first-order valence-electron chi connectivity index (χ1n) is 6.27. The molecule has 3 heteroatoms. The Labute approximate surface area is 103 Å². The number of aliphatic hydroxyl groups is 1. The van der Waals surface area contributed by atoms with Crippen LogP contribution in [0.5, 0.6) is 0 Å². The minimum absolute atomic E-state index is 0.0452.